The predicted molar refractivity (Wildman–Crippen MR) is 168 cm³/mol. The molecule has 1 aromatic heterocycles. The second-order valence-corrected chi connectivity index (χ2v) is 12.1. The highest BCUT2D eigenvalue weighted by Crippen LogP contribution is 2.33. The number of ether oxygens (including phenoxy) is 1. The first kappa shape index (κ1) is 29.7. The third kappa shape index (κ3) is 6.04. The number of rotatable bonds is 8. The van der Waals surface area contributed by atoms with E-state index in [4.69, 9.17) is 9.73 Å². The van der Waals surface area contributed by atoms with Crippen LogP contribution in [0.4, 0.5) is 9.18 Å². The summed E-state index contributed by atoms with van der Waals surface area (Å²) >= 11 is 0. The van der Waals surface area contributed by atoms with E-state index >= 15 is 4.39 Å². The lowest BCUT2D eigenvalue weighted by molar-refractivity contribution is -0.134. The van der Waals surface area contributed by atoms with Gasteiger partial charge in [-0.25, -0.2) is 14.2 Å². The Bertz CT molecular complexity index is 1590. The Balaban J connectivity index is 1.10. The fourth-order valence-corrected chi connectivity index (χ4v) is 6.44. The maximum atomic E-state index is 15.2. The molecule has 2 fully saturated rings. The fraction of sp³-hybridized carbons (Fsp3) is 0.412. The number of methoxy groups -OCH3 is 1. The van der Waals surface area contributed by atoms with Gasteiger partial charge >= 0.3 is 6.09 Å². The monoisotopic (exact) mass is 598 g/mol. The van der Waals surface area contributed by atoms with E-state index in [1.165, 1.54) is 7.11 Å². The number of hydrogen-bond donors (Lipinski definition) is 3. The summed E-state index contributed by atoms with van der Waals surface area (Å²) in [5.74, 6) is 0.371. The standard InChI is InChI=1S/C34H39FN6O3/c1-20(2)31(40-34(43)44-3)33(42)41-15-5-7-30(41)28-17-24(18-37-28)22-10-8-21(9-11-22)23-12-13-25(26(35)16-23)29-19-38-32(39-29)27-6-4-14-36-27/h8-13,16,18-20,27,30-31,36H,4-7,14-15,17H2,1-3H3,(H,38,39)(H,40,43)/t27-,30-,31-/m0/s1. The predicted octanol–water partition coefficient (Wildman–Crippen LogP) is 5.86. The van der Waals surface area contributed by atoms with Crippen LogP contribution < -0.4 is 10.6 Å². The van der Waals surface area contributed by atoms with E-state index in [9.17, 15) is 9.59 Å². The number of H-pyrrole nitrogens is 1. The van der Waals surface area contributed by atoms with Gasteiger partial charge in [-0.1, -0.05) is 44.2 Å². The number of aromatic nitrogens is 2. The maximum Gasteiger partial charge on any atom is 0.407 e. The highest BCUT2D eigenvalue weighted by molar-refractivity contribution is 6.03. The van der Waals surface area contributed by atoms with Crippen LogP contribution in [0.1, 0.15) is 63.4 Å². The van der Waals surface area contributed by atoms with Gasteiger partial charge in [0.1, 0.15) is 17.7 Å². The Hall–Kier alpha value is -4.31. The molecule has 0 spiro atoms. The highest BCUT2D eigenvalue weighted by Gasteiger charge is 2.38. The van der Waals surface area contributed by atoms with Crippen LogP contribution in [0.5, 0.6) is 0 Å². The van der Waals surface area contributed by atoms with E-state index in [1.807, 2.05) is 55.3 Å². The number of alkyl carbamates (subject to hydrolysis) is 1. The molecule has 0 aliphatic carbocycles. The summed E-state index contributed by atoms with van der Waals surface area (Å²) in [4.78, 5) is 39.7. The number of aromatic amines is 1. The zero-order chi connectivity index (χ0) is 30.8. The zero-order valence-corrected chi connectivity index (χ0v) is 25.4. The van der Waals surface area contributed by atoms with E-state index in [0.29, 0.717) is 24.2 Å². The van der Waals surface area contributed by atoms with Crippen molar-refractivity contribution in [1.29, 1.82) is 0 Å². The van der Waals surface area contributed by atoms with E-state index < -0.39 is 12.1 Å². The van der Waals surface area contributed by atoms with Crippen molar-refractivity contribution >= 4 is 23.3 Å². The normalized spacial score (nSPS) is 20.5. The average Bonchev–Trinajstić information content (AvgIpc) is 3.86. The Morgan fingerprint density at radius 2 is 1.84 bits per heavy atom. The fourth-order valence-electron chi connectivity index (χ4n) is 6.44. The Labute approximate surface area is 257 Å². The van der Waals surface area contributed by atoms with Crippen LogP contribution in [0.2, 0.25) is 0 Å². The number of nitrogens with zero attached hydrogens (tertiary/aromatic N) is 3. The Morgan fingerprint density at radius 3 is 2.55 bits per heavy atom. The molecule has 10 heteroatoms. The molecule has 44 heavy (non-hydrogen) atoms. The molecular formula is C34H39FN6O3. The first-order chi connectivity index (χ1) is 21.3. The molecular weight excluding hydrogens is 559 g/mol. The third-order valence-electron chi connectivity index (χ3n) is 8.90. The quantitative estimate of drug-likeness (QED) is 0.301. The number of carbonyl (C=O) groups excluding carboxylic acids is 2. The van der Waals surface area contributed by atoms with Crippen molar-refractivity contribution in [1.82, 2.24) is 25.5 Å². The summed E-state index contributed by atoms with van der Waals surface area (Å²) in [5.41, 5.74) is 5.98. The second-order valence-electron chi connectivity index (χ2n) is 12.1. The van der Waals surface area contributed by atoms with Gasteiger partial charge in [-0.15, -0.1) is 0 Å². The molecule has 3 atom stereocenters. The van der Waals surface area contributed by atoms with Gasteiger partial charge < -0.3 is 25.3 Å². The number of halogens is 1. The topological polar surface area (TPSA) is 112 Å². The number of aliphatic imine (C=N–C) groups is 1. The van der Waals surface area contributed by atoms with Gasteiger partial charge in [0, 0.05) is 30.4 Å². The Kier molecular flexibility index (Phi) is 8.61. The van der Waals surface area contributed by atoms with Gasteiger partial charge in [0.15, 0.2) is 0 Å². The molecule has 3 aliphatic heterocycles. The van der Waals surface area contributed by atoms with Crippen LogP contribution in [0, 0.1) is 11.7 Å². The van der Waals surface area contributed by atoms with Gasteiger partial charge in [0.05, 0.1) is 31.1 Å². The number of nitrogens with one attached hydrogen (secondary N) is 3. The first-order valence-corrected chi connectivity index (χ1v) is 15.4. The van der Waals surface area contributed by atoms with Gasteiger partial charge in [-0.2, -0.15) is 0 Å². The summed E-state index contributed by atoms with van der Waals surface area (Å²) < 4.78 is 20.0. The lowest BCUT2D eigenvalue weighted by atomic mass is 9.95. The minimum absolute atomic E-state index is 0.0808. The van der Waals surface area contributed by atoms with Crippen molar-refractivity contribution in [2.75, 3.05) is 20.2 Å². The largest absolute Gasteiger partial charge is 0.453 e. The Morgan fingerprint density at radius 1 is 1.07 bits per heavy atom. The van der Waals surface area contributed by atoms with Gasteiger partial charge in [-0.05, 0) is 72.5 Å². The molecule has 2 amide bonds. The number of likely N-dealkylation sites (tertiary alicyclic amines) is 1. The molecule has 0 radical (unpaired) electrons. The summed E-state index contributed by atoms with van der Waals surface area (Å²) in [6.07, 6.45) is 7.50. The molecule has 0 bridgehead atoms. The molecule has 0 saturated carbocycles. The maximum absolute atomic E-state index is 15.2. The van der Waals surface area contributed by atoms with Crippen molar-refractivity contribution in [3.63, 3.8) is 0 Å². The van der Waals surface area contributed by atoms with Crippen LogP contribution in [0.15, 0.2) is 59.9 Å². The van der Waals surface area contributed by atoms with Crippen molar-refractivity contribution in [2.45, 2.75) is 64.1 Å². The van der Waals surface area contributed by atoms with Crippen molar-refractivity contribution in [2.24, 2.45) is 10.9 Å². The van der Waals surface area contributed by atoms with Crippen molar-refractivity contribution < 1.29 is 18.7 Å². The van der Waals surface area contributed by atoms with E-state index in [0.717, 1.165) is 66.0 Å². The molecule has 3 aliphatic rings. The molecule has 3 N–H and O–H groups in total. The second kappa shape index (κ2) is 12.7. The minimum atomic E-state index is -0.657. The summed E-state index contributed by atoms with van der Waals surface area (Å²) in [6, 6.07) is 12.8. The lowest BCUT2D eigenvalue weighted by Crippen LogP contribution is -2.53. The van der Waals surface area contributed by atoms with E-state index in [2.05, 4.69) is 20.6 Å². The number of benzene rings is 2. The van der Waals surface area contributed by atoms with Crippen LogP contribution in [-0.2, 0) is 9.53 Å². The van der Waals surface area contributed by atoms with E-state index in [1.54, 1.807) is 18.3 Å². The highest BCUT2D eigenvalue weighted by atomic mass is 19.1. The van der Waals surface area contributed by atoms with Crippen LogP contribution in [-0.4, -0.2) is 64.9 Å². The summed E-state index contributed by atoms with van der Waals surface area (Å²) in [5, 5.41) is 6.11. The molecule has 0 unspecified atom stereocenters. The molecule has 4 heterocycles. The van der Waals surface area contributed by atoms with Gasteiger partial charge in [0.25, 0.3) is 0 Å². The SMILES string of the molecule is COC(=O)N[C@H](C(=O)N1CCC[C@H]1C1=NC=C(c2ccc(-c3ccc(-c4cnc([C@@H]5CCCN5)[nH]4)c(F)c3)cc2)C1)C(C)C. The van der Waals surface area contributed by atoms with Crippen LogP contribution in [0.25, 0.3) is 28.0 Å². The molecule has 2 saturated heterocycles. The van der Waals surface area contributed by atoms with Crippen LogP contribution >= 0.6 is 0 Å². The first-order valence-electron chi connectivity index (χ1n) is 15.4. The molecule has 6 rings (SSSR count). The van der Waals surface area contributed by atoms with Crippen LogP contribution in [0.3, 0.4) is 0 Å². The summed E-state index contributed by atoms with van der Waals surface area (Å²) in [6.45, 7) is 5.43. The number of allylic oxidation sites excluding steroid dienone is 1. The molecule has 3 aromatic rings. The van der Waals surface area contributed by atoms with Gasteiger partial charge in [0.2, 0.25) is 5.91 Å². The van der Waals surface area contributed by atoms with E-state index in [-0.39, 0.29) is 29.7 Å². The molecule has 9 nitrogen and oxygen atoms in total. The van der Waals surface area contributed by atoms with Gasteiger partial charge in [-0.3, -0.25) is 9.79 Å². The van der Waals surface area contributed by atoms with Crippen molar-refractivity contribution in [3.8, 4) is 22.4 Å². The summed E-state index contributed by atoms with van der Waals surface area (Å²) in [7, 11) is 1.29. The molecule has 230 valence electrons. The average molecular weight is 599 g/mol. The minimum Gasteiger partial charge on any atom is -0.453 e. The van der Waals surface area contributed by atoms with Crippen molar-refractivity contribution in [3.05, 3.63) is 72.1 Å². The molecule has 2 aromatic carbocycles. The zero-order valence-electron chi connectivity index (χ0n) is 25.4. The third-order valence-corrected chi connectivity index (χ3v) is 8.90. The smallest absolute Gasteiger partial charge is 0.407 e. The number of amides is 2. The number of carbonyl (C=O) groups is 2. The number of hydrogen-bond acceptors (Lipinski definition) is 6. The lowest BCUT2D eigenvalue weighted by Gasteiger charge is -2.31. The number of imidazole rings is 1.